The maximum atomic E-state index is 13.0. The topological polar surface area (TPSA) is 90.0 Å². The van der Waals surface area contributed by atoms with Crippen LogP contribution in [0.4, 0.5) is 0 Å². The molecule has 1 heterocycles. The number of benzene rings is 3. The summed E-state index contributed by atoms with van der Waals surface area (Å²) in [4.78, 5) is 15.9. The molecule has 34 heavy (non-hydrogen) atoms. The van der Waals surface area contributed by atoms with Gasteiger partial charge in [-0.05, 0) is 53.3 Å². The molecule has 0 aliphatic heterocycles. The van der Waals surface area contributed by atoms with Gasteiger partial charge in [0.15, 0.2) is 23.0 Å². The number of H-pyrrole nitrogens is 1. The number of ether oxygens (including phenoxy) is 4. The molecule has 0 saturated carbocycles. The minimum atomic E-state index is -0.258. The largest absolute Gasteiger partial charge is 0.493 e. The summed E-state index contributed by atoms with van der Waals surface area (Å²) in [5.74, 6) is 2.10. The lowest BCUT2D eigenvalue weighted by Crippen LogP contribution is -2.09. The fraction of sp³-hybridized carbons (Fsp3) is 0.222. The van der Waals surface area contributed by atoms with Gasteiger partial charge in [-0.15, -0.1) is 0 Å². The van der Waals surface area contributed by atoms with E-state index in [1.807, 2.05) is 48.5 Å². The van der Waals surface area contributed by atoms with E-state index < -0.39 is 0 Å². The van der Waals surface area contributed by atoms with Gasteiger partial charge in [0.1, 0.15) is 6.61 Å². The van der Waals surface area contributed by atoms with Crippen molar-refractivity contribution in [2.24, 2.45) is 0 Å². The van der Waals surface area contributed by atoms with E-state index in [0.29, 0.717) is 52.5 Å². The highest BCUT2D eigenvalue weighted by Gasteiger charge is 2.16. The van der Waals surface area contributed by atoms with Gasteiger partial charge in [-0.2, -0.15) is 0 Å². The molecule has 0 saturated heterocycles. The summed E-state index contributed by atoms with van der Waals surface area (Å²) in [7, 11) is 4.66. The average molecular weight is 462 g/mol. The number of pyridine rings is 1. The van der Waals surface area contributed by atoms with E-state index in [9.17, 15) is 9.90 Å². The van der Waals surface area contributed by atoms with Crippen LogP contribution in [0, 0.1) is 0 Å². The lowest BCUT2D eigenvalue weighted by Gasteiger charge is -2.17. The van der Waals surface area contributed by atoms with E-state index in [1.165, 1.54) is 7.11 Å². The van der Waals surface area contributed by atoms with Gasteiger partial charge in [0, 0.05) is 17.9 Å². The number of aromatic nitrogens is 1. The van der Waals surface area contributed by atoms with E-state index >= 15 is 0 Å². The molecule has 2 N–H and O–H groups in total. The zero-order chi connectivity index (χ0) is 24.1. The minimum Gasteiger partial charge on any atom is -0.493 e. The van der Waals surface area contributed by atoms with Gasteiger partial charge in [0.25, 0.3) is 5.56 Å². The number of methoxy groups -OCH3 is 3. The molecule has 0 aliphatic rings. The van der Waals surface area contributed by atoms with Crippen LogP contribution in [0.2, 0.25) is 0 Å². The number of nitrogens with one attached hydrogen (secondary N) is 1. The highest BCUT2D eigenvalue weighted by molar-refractivity contribution is 5.88. The van der Waals surface area contributed by atoms with Crippen molar-refractivity contribution in [3.05, 3.63) is 82.1 Å². The summed E-state index contributed by atoms with van der Waals surface area (Å²) < 4.78 is 22.4. The summed E-state index contributed by atoms with van der Waals surface area (Å²) in [6.45, 7) is 0.310. The molecule has 0 bridgehead atoms. The van der Waals surface area contributed by atoms with Crippen LogP contribution in [0.3, 0.4) is 0 Å². The van der Waals surface area contributed by atoms with Crippen molar-refractivity contribution in [1.82, 2.24) is 4.98 Å². The normalized spacial score (nSPS) is 10.8. The van der Waals surface area contributed by atoms with Gasteiger partial charge in [-0.3, -0.25) is 4.79 Å². The Morgan fingerprint density at radius 3 is 2.18 bits per heavy atom. The number of aliphatic hydroxyl groups is 1. The van der Waals surface area contributed by atoms with Crippen molar-refractivity contribution in [2.75, 3.05) is 27.9 Å². The molecule has 7 nitrogen and oxygen atoms in total. The van der Waals surface area contributed by atoms with E-state index in [2.05, 4.69) is 4.98 Å². The Kier molecular flexibility index (Phi) is 7.04. The van der Waals surface area contributed by atoms with Crippen molar-refractivity contribution in [3.63, 3.8) is 0 Å². The van der Waals surface area contributed by atoms with Gasteiger partial charge in [-0.25, -0.2) is 0 Å². The molecular formula is C27H27NO6. The molecule has 0 fully saturated rings. The van der Waals surface area contributed by atoms with Crippen LogP contribution in [-0.2, 0) is 13.0 Å². The Morgan fingerprint density at radius 2 is 1.50 bits per heavy atom. The zero-order valence-corrected chi connectivity index (χ0v) is 19.4. The van der Waals surface area contributed by atoms with Crippen LogP contribution in [0.15, 0.2) is 65.5 Å². The summed E-state index contributed by atoms with van der Waals surface area (Å²) >= 11 is 0. The smallest absolute Gasteiger partial charge is 0.256 e. The number of hydrogen-bond donors (Lipinski definition) is 2. The third-order valence-corrected chi connectivity index (χ3v) is 5.65. The van der Waals surface area contributed by atoms with Crippen LogP contribution in [-0.4, -0.2) is 38.0 Å². The van der Waals surface area contributed by atoms with Crippen molar-refractivity contribution in [1.29, 1.82) is 0 Å². The maximum absolute atomic E-state index is 13.0. The first kappa shape index (κ1) is 23.2. The predicted molar refractivity (Wildman–Crippen MR) is 131 cm³/mol. The molecule has 0 aliphatic carbocycles. The predicted octanol–water partition coefficient (Wildman–Crippen LogP) is 4.33. The molecule has 4 rings (SSSR count). The first-order chi connectivity index (χ1) is 16.6. The Balaban J connectivity index is 1.83. The summed E-state index contributed by atoms with van der Waals surface area (Å²) in [6, 6.07) is 18.8. The van der Waals surface area contributed by atoms with Crippen LogP contribution < -0.4 is 24.5 Å². The van der Waals surface area contributed by atoms with Crippen LogP contribution >= 0.6 is 0 Å². The second-order valence-electron chi connectivity index (χ2n) is 7.71. The van der Waals surface area contributed by atoms with Crippen molar-refractivity contribution >= 4 is 10.8 Å². The number of fused-ring (bicyclic) bond motifs is 1. The molecule has 0 atom stereocenters. The van der Waals surface area contributed by atoms with Crippen LogP contribution in [0.25, 0.3) is 22.0 Å². The van der Waals surface area contributed by atoms with Crippen molar-refractivity contribution in [2.45, 2.75) is 13.0 Å². The Hall–Kier alpha value is -3.97. The van der Waals surface area contributed by atoms with Gasteiger partial charge >= 0.3 is 0 Å². The van der Waals surface area contributed by atoms with Gasteiger partial charge in [0.05, 0.1) is 26.7 Å². The number of aliphatic hydroxyl groups excluding tert-OH is 1. The number of hydrogen-bond acceptors (Lipinski definition) is 6. The van der Waals surface area contributed by atoms with Crippen LogP contribution in [0.1, 0.15) is 11.1 Å². The van der Waals surface area contributed by atoms with E-state index in [4.69, 9.17) is 18.9 Å². The second kappa shape index (κ2) is 10.3. The quantitative estimate of drug-likeness (QED) is 0.386. The fourth-order valence-corrected chi connectivity index (χ4v) is 3.92. The number of rotatable bonds is 9. The standard InChI is InChI=1S/C27H27NO6/c1-31-23-13-19-11-22(28-27(30)21(19)15-25(23)33-3)20-14-26(24(32-2)12-18(20)9-10-29)34-16-17-7-5-4-6-8-17/h4-8,11-15,29H,9-10,16H2,1-3H3,(H,28,30). The first-order valence-corrected chi connectivity index (χ1v) is 10.9. The Morgan fingerprint density at radius 1 is 0.824 bits per heavy atom. The van der Waals surface area contributed by atoms with E-state index in [-0.39, 0.29) is 12.2 Å². The molecular weight excluding hydrogens is 434 g/mol. The van der Waals surface area contributed by atoms with E-state index in [0.717, 1.165) is 16.7 Å². The zero-order valence-electron chi connectivity index (χ0n) is 19.4. The van der Waals surface area contributed by atoms with Crippen LogP contribution in [0.5, 0.6) is 23.0 Å². The summed E-state index contributed by atoms with van der Waals surface area (Å²) in [6.07, 6.45) is 0.386. The van der Waals surface area contributed by atoms with Gasteiger partial charge in [-0.1, -0.05) is 30.3 Å². The van der Waals surface area contributed by atoms with Gasteiger partial charge in [0.2, 0.25) is 0 Å². The minimum absolute atomic E-state index is 0.0524. The third kappa shape index (κ3) is 4.70. The second-order valence-corrected chi connectivity index (χ2v) is 7.71. The highest BCUT2D eigenvalue weighted by atomic mass is 16.5. The van der Waals surface area contributed by atoms with Crippen molar-refractivity contribution < 1.29 is 24.1 Å². The lowest BCUT2D eigenvalue weighted by atomic mass is 9.99. The molecule has 1 aromatic heterocycles. The molecule has 0 spiro atoms. The SMILES string of the molecule is COc1cc2cc(-c3cc(OCc4ccccc4)c(OC)cc3CCO)[nH]c(=O)c2cc1OC. The monoisotopic (exact) mass is 461 g/mol. The summed E-state index contributed by atoms with van der Waals surface area (Å²) in [5.41, 5.74) is 2.92. The average Bonchev–Trinajstić information content (AvgIpc) is 2.87. The van der Waals surface area contributed by atoms with Gasteiger partial charge < -0.3 is 29.0 Å². The van der Waals surface area contributed by atoms with Crippen molar-refractivity contribution in [3.8, 4) is 34.3 Å². The highest BCUT2D eigenvalue weighted by Crippen LogP contribution is 2.37. The third-order valence-electron chi connectivity index (χ3n) is 5.65. The Labute approximate surface area is 197 Å². The molecule has 176 valence electrons. The molecule has 0 radical (unpaired) electrons. The maximum Gasteiger partial charge on any atom is 0.256 e. The molecule has 0 amide bonds. The molecule has 0 unspecified atom stereocenters. The fourth-order valence-electron chi connectivity index (χ4n) is 3.92. The first-order valence-electron chi connectivity index (χ1n) is 10.9. The Bertz CT molecular complexity index is 1350. The number of aromatic amines is 1. The molecule has 4 aromatic rings. The van der Waals surface area contributed by atoms with E-state index in [1.54, 1.807) is 26.4 Å². The lowest BCUT2D eigenvalue weighted by molar-refractivity contribution is 0.283. The molecule has 3 aromatic carbocycles. The summed E-state index contributed by atoms with van der Waals surface area (Å²) in [5, 5.41) is 10.8. The molecule has 7 heteroatoms.